The lowest BCUT2D eigenvalue weighted by Gasteiger charge is -2.39. The SMILES string of the molecule is CC1(C)CCC(CN2CCN(c3ccc(C(=O)NS(=O)(=O)c4ccc(NCC5CCCN(CCCCCCc6cccc7c6C(=O)N(C6CCC(=O)NC6=O)C7=O)C5)c([N+](=O)[O-])c4)c(Oc4cnc5[nH]ccc5c4)c3)CC2)=C(c2ccc(Cl)cc2)C1. The van der Waals surface area contributed by atoms with Gasteiger partial charge >= 0.3 is 0 Å². The summed E-state index contributed by atoms with van der Waals surface area (Å²) in [5, 5.41) is 19.5. The summed E-state index contributed by atoms with van der Waals surface area (Å²) in [6, 6.07) is 24.6. The number of hydrogen-bond donors (Lipinski definition) is 4. The molecule has 3 fully saturated rings. The zero-order valence-corrected chi connectivity index (χ0v) is 49.9. The summed E-state index contributed by atoms with van der Waals surface area (Å²) >= 11 is 6.27. The Morgan fingerprint density at radius 1 is 0.884 bits per heavy atom. The molecule has 4 aromatic carbocycles. The van der Waals surface area contributed by atoms with Gasteiger partial charge in [0.2, 0.25) is 11.8 Å². The number of hydrogen-bond acceptors (Lipinski definition) is 15. The Morgan fingerprint density at radius 3 is 2.48 bits per heavy atom. The van der Waals surface area contributed by atoms with E-state index in [4.69, 9.17) is 16.3 Å². The fourth-order valence-corrected chi connectivity index (χ4v) is 13.9. The summed E-state index contributed by atoms with van der Waals surface area (Å²) in [4.78, 5) is 92.3. The number of aromatic amines is 1. The largest absolute Gasteiger partial charge is 0.455 e. The van der Waals surface area contributed by atoms with Gasteiger partial charge in [-0.1, -0.05) is 68.1 Å². The molecule has 1 aliphatic carbocycles. The number of rotatable bonds is 21. The molecule has 2 aromatic heterocycles. The van der Waals surface area contributed by atoms with E-state index in [0.717, 1.165) is 125 Å². The number of ether oxygens (including phenoxy) is 1. The number of piperidine rings is 2. The summed E-state index contributed by atoms with van der Waals surface area (Å²) < 4.78 is 36.6. The smallest absolute Gasteiger partial charge is 0.293 e. The number of carbonyl (C=O) groups is 5. The molecule has 86 heavy (non-hydrogen) atoms. The van der Waals surface area contributed by atoms with Crippen molar-refractivity contribution in [1.82, 2.24) is 34.7 Å². The van der Waals surface area contributed by atoms with E-state index >= 15 is 0 Å². The number of unbranched alkanes of at least 4 members (excludes halogenated alkanes) is 3. The number of allylic oxidation sites excluding steroid dienone is 1. The van der Waals surface area contributed by atoms with Crippen LogP contribution in [-0.2, 0) is 26.0 Å². The van der Waals surface area contributed by atoms with Gasteiger partial charge < -0.3 is 24.8 Å². The number of fused-ring (bicyclic) bond motifs is 2. The molecule has 6 aromatic rings. The van der Waals surface area contributed by atoms with Crippen LogP contribution in [0, 0.1) is 21.4 Å². The molecular formula is C64H71ClN10O10S. The van der Waals surface area contributed by atoms with E-state index in [1.165, 1.54) is 41.1 Å². The van der Waals surface area contributed by atoms with Gasteiger partial charge in [-0.05, 0) is 154 Å². The number of benzene rings is 4. The number of nitrogens with zero attached hydrogens (tertiary/aromatic N) is 6. The normalized spacial score (nSPS) is 19.4. The number of nitrogens with one attached hydrogen (secondary N) is 4. The molecule has 4 aliphatic heterocycles. The number of anilines is 2. The van der Waals surface area contributed by atoms with Crippen LogP contribution in [0.2, 0.25) is 5.02 Å². The summed E-state index contributed by atoms with van der Waals surface area (Å²) in [6.07, 6.45) is 12.6. The zero-order chi connectivity index (χ0) is 60.3. The number of piperazine rings is 1. The van der Waals surface area contributed by atoms with Crippen LogP contribution in [0.25, 0.3) is 16.6 Å². The van der Waals surface area contributed by atoms with Crippen molar-refractivity contribution >= 4 is 84.8 Å². The highest BCUT2D eigenvalue weighted by atomic mass is 35.5. The average Bonchev–Trinajstić information content (AvgIpc) is 1.75. The van der Waals surface area contributed by atoms with E-state index in [1.54, 1.807) is 36.5 Å². The second kappa shape index (κ2) is 25.5. The fraction of sp³-hybridized carbons (Fsp3) is 0.406. The topological polar surface area (TPSA) is 250 Å². The van der Waals surface area contributed by atoms with E-state index in [1.807, 2.05) is 24.3 Å². The number of H-pyrrole nitrogens is 1. The van der Waals surface area contributed by atoms with Crippen LogP contribution in [-0.4, -0.2) is 132 Å². The highest BCUT2D eigenvalue weighted by Crippen LogP contribution is 2.44. The van der Waals surface area contributed by atoms with E-state index in [9.17, 15) is 42.5 Å². The second-order valence-corrected chi connectivity index (χ2v) is 26.2. The quantitative estimate of drug-likeness (QED) is 0.0226. The van der Waals surface area contributed by atoms with Gasteiger partial charge in [0.05, 0.1) is 32.7 Å². The summed E-state index contributed by atoms with van der Waals surface area (Å²) in [5.41, 5.74) is 6.74. The lowest BCUT2D eigenvalue weighted by molar-refractivity contribution is -0.384. The van der Waals surface area contributed by atoms with Crippen molar-refractivity contribution in [3.05, 3.63) is 152 Å². The third kappa shape index (κ3) is 13.5. The Labute approximate surface area is 504 Å². The first-order valence-electron chi connectivity index (χ1n) is 29.7. The number of nitro benzene ring substituents is 1. The molecule has 20 nitrogen and oxygen atoms in total. The van der Waals surface area contributed by atoms with Crippen molar-refractivity contribution in [2.75, 3.05) is 69.1 Å². The second-order valence-electron chi connectivity index (χ2n) is 24.1. The first kappa shape index (κ1) is 59.7. The summed E-state index contributed by atoms with van der Waals surface area (Å²) in [5.74, 6) is -2.44. The van der Waals surface area contributed by atoms with Crippen molar-refractivity contribution < 1.29 is 42.1 Å². The van der Waals surface area contributed by atoms with Crippen LogP contribution in [0.15, 0.2) is 114 Å². The summed E-state index contributed by atoms with van der Waals surface area (Å²) in [7, 11) is -4.64. The number of likely N-dealkylation sites (tertiary alicyclic amines) is 1. The Morgan fingerprint density at radius 2 is 1.69 bits per heavy atom. The van der Waals surface area contributed by atoms with Crippen molar-refractivity contribution in [3.8, 4) is 11.5 Å². The third-order valence-electron chi connectivity index (χ3n) is 17.5. The Bertz CT molecular complexity index is 3770. The minimum Gasteiger partial charge on any atom is -0.455 e. The van der Waals surface area contributed by atoms with Crippen LogP contribution in [0.3, 0.4) is 0 Å². The first-order chi connectivity index (χ1) is 41.4. The molecule has 11 rings (SSSR count). The molecule has 4 N–H and O–H groups in total. The predicted octanol–water partition coefficient (Wildman–Crippen LogP) is 10.1. The van der Waals surface area contributed by atoms with Gasteiger partial charge in [-0.15, -0.1) is 0 Å². The zero-order valence-electron chi connectivity index (χ0n) is 48.4. The number of aromatic nitrogens is 2. The lowest BCUT2D eigenvalue weighted by Crippen LogP contribution is -2.54. The molecule has 0 bridgehead atoms. The molecule has 2 atom stereocenters. The van der Waals surface area contributed by atoms with Crippen LogP contribution in [0.1, 0.15) is 127 Å². The predicted molar refractivity (Wildman–Crippen MR) is 328 cm³/mol. The van der Waals surface area contributed by atoms with E-state index in [0.29, 0.717) is 48.0 Å². The number of imide groups is 2. The van der Waals surface area contributed by atoms with Gasteiger partial charge in [-0.2, -0.15) is 0 Å². The average molecular weight is 1210 g/mol. The van der Waals surface area contributed by atoms with Gasteiger partial charge in [0.1, 0.15) is 28.9 Å². The number of aryl methyl sites for hydroxylation is 1. The van der Waals surface area contributed by atoms with Crippen LogP contribution >= 0.6 is 11.6 Å². The standard InChI is InChI=1S/C64H71ClN10O10S/c1-64(2)25-23-45(52(36-64)42-13-15-46(65)16-14-42)40-72-29-31-73(32-30-72)47-17-19-50(56(34-47)85-48-33-44-24-26-66-59(44)68-38-48)60(77)70-86(83,84)49-18-20-53(55(35-49)75(81)82)67-37-41-9-8-28-71(39-41)27-6-4-3-5-10-43-11-7-12-51-58(43)63(80)74(62(51)79)54-21-22-57(76)69-61(54)78/h7,11-20,24,26,33-35,38,41,54,67H,3-6,8-10,21-23,25,27-32,36-37,39-40H2,1-2H3,(H,66,68)(H,70,77)(H,69,76,78). The number of nitro groups is 1. The van der Waals surface area contributed by atoms with Crippen molar-refractivity contribution in [2.45, 2.75) is 102 Å². The summed E-state index contributed by atoms with van der Waals surface area (Å²) in [6.45, 7) is 11.5. The monoisotopic (exact) mass is 1210 g/mol. The maximum Gasteiger partial charge on any atom is 0.293 e. The molecule has 0 spiro atoms. The highest BCUT2D eigenvalue weighted by molar-refractivity contribution is 7.90. The van der Waals surface area contributed by atoms with Gasteiger partial charge in [0, 0.05) is 86.7 Å². The van der Waals surface area contributed by atoms with Crippen molar-refractivity contribution in [3.63, 3.8) is 0 Å². The number of halogens is 1. The van der Waals surface area contributed by atoms with Crippen molar-refractivity contribution in [1.29, 1.82) is 0 Å². The molecule has 0 saturated carbocycles. The Hall–Kier alpha value is -7.98. The Kier molecular flexibility index (Phi) is 17.7. The molecule has 5 amide bonds. The number of amides is 5. The van der Waals surface area contributed by atoms with Crippen LogP contribution in [0.5, 0.6) is 11.5 Å². The molecule has 0 radical (unpaired) electrons. The van der Waals surface area contributed by atoms with Crippen LogP contribution < -0.4 is 25.0 Å². The van der Waals surface area contributed by atoms with E-state index < -0.39 is 61.1 Å². The number of carbonyl (C=O) groups excluding carboxylic acids is 5. The molecule has 3 saturated heterocycles. The minimum absolute atomic E-state index is 0.0587. The fourth-order valence-electron chi connectivity index (χ4n) is 12.8. The number of sulfonamides is 1. The van der Waals surface area contributed by atoms with Gasteiger partial charge in [-0.3, -0.25) is 49.2 Å². The van der Waals surface area contributed by atoms with Gasteiger partial charge in [0.15, 0.2) is 0 Å². The molecule has 2 unspecified atom stereocenters. The van der Waals surface area contributed by atoms with Crippen LogP contribution in [0.4, 0.5) is 17.1 Å². The maximum absolute atomic E-state index is 14.2. The van der Waals surface area contributed by atoms with Crippen molar-refractivity contribution in [2.24, 2.45) is 11.3 Å². The number of pyridine rings is 1. The molecule has 5 aliphatic rings. The third-order valence-corrected chi connectivity index (χ3v) is 19.0. The highest BCUT2D eigenvalue weighted by Gasteiger charge is 2.45. The molecule has 6 heterocycles. The Balaban J connectivity index is 0.688. The minimum atomic E-state index is -4.64. The van der Waals surface area contributed by atoms with Gasteiger partial charge in [0.25, 0.3) is 33.4 Å². The molecule has 22 heteroatoms. The molecular weight excluding hydrogens is 1140 g/mol. The maximum atomic E-state index is 14.2. The lowest BCUT2D eigenvalue weighted by atomic mass is 9.72. The van der Waals surface area contributed by atoms with E-state index in [-0.39, 0.29) is 46.7 Å². The molecule has 450 valence electrons. The van der Waals surface area contributed by atoms with E-state index in [2.05, 4.69) is 66.0 Å². The first-order valence-corrected chi connectivity index (χ1v) is 31.6. The van der Waals surface area contributed by atoms with Gasteiger partial charge in [-0.25, -0.2) is 18.1 Å².